The minimum atomic E-state index is -0.0406. The number of nitrogens with zero attached hydrogens (tertiary/aromatic N) is 5. The number of carbonyl (C=O) groups excluding carboxylic acids is 1. The van der Waals surface area contributed by atoms with Crippen molar-refractivity contribution in [1.29, 1.82) is 0 Å². The van der Waals surface area contributed by atoms with Crippen molar-refractivity contribution >= 4 is 11.9 Å². The second-order valence-corrected chi connectivity index (χ2v) is 7.37. The highest BCUT2D eigenvalue weighted by Gasteiger charge is 2.40. The van der Waals surface area contributed by atoms with Crippen LogP contribution in [0.3, 0.4) is 0 Å². The largest absolute Gasteiger partial charge is 0.341 e. The van der Waals surface area contributed by atoms with Gasteiger partial charge in [0.05, 0.1) is 6.04 Å². The topological polar surface area (TPSA) is 52.6 Å². The van der Waals surface area contributed by atoms with Crippen molar-refractivity contribution in [1.82, 2.24) is 19.8 Å². The number of anilines is 1. The Kier molecular flexibility index (Phi) is 4.39. The molecule has 1 amide bonds. The summed E-state index contributed by atoms with van der Waals surface area (Å²) >= 11 is 0. The van der Waals surface area contributed by atoms with Crippen molar-refractivity contribution in [2.45, 2.75) is 57.7 Å². The number of amides is 1. The van der Waals surface area contributed by atoms with Gasteiger partial charge in [-0.15, -0.1) is 0 Å². The monoisotopic (exact) mass is 329 g/mol. The van der Waals surface area contributed by atoms with Gasteiger partial charge in [-0.05, 0) is 39.0 Å². The van der Waals surface area contributed by atoms with E-state index in [0.29, 0.717) is 6.04 Å². The van der Waals surface area contributed by atoms with E-state index in [0.717, 1.165) is 57.1 Å². The van der Waals surface area contributed by atoms with Crippen molar-refractivity contribution in [2.75, 3.05) is 31.1 Å². The Morgan fingerprint density at radius 1 is 1.08 bits per heavy atom. The van der Waals surface area contributed by atoms with Gasteiger partial charge in [0, 0.05) is 56.7 Å². The fourth-order valence-corrected chi connectivity index (χ4v) is 4.26. The second-order valence-electron chi connectivity index (χ2n) is 7.37. The Bertz CT molecular complexity index is 584. The van der Waals surface area contributed by atoms with Gasteiger partial charge in [0.25, 0.3) is 0 Å². The van der Waals surface area contributed by atoms with E-state index in [1.54, 1.807) is 0 Å². The normalized spacial score (nSPS) is 28.3. The van der Waals surface area contributed by atoms with Crippen LogP contribution < -0.4 is 4.90 Å². The third-order valence-corrected chi connectivity index (χ3v) is 5.73. The number of rotatable bonds is 3. The highest BCUT2D eigenvalue weighted by molar-refractivity contribution is 5.83. The molecule has 0 aliphatic carbocycles. The molecule has 0 unspecified atom stereocenters. The molecule has 4 heterocycles. The van der Waals surface area contributed by atoms with Crippen LogP contribution in [0.15, 0.2) is 12.4 Å². The highest BCUT2D eigenvalue weighted by atomic mass is 16.2. The molecular weight excluding hydrogens is 302 g/mol. The van der Waals surface area contributed by atoms with Gasteiger partial charge in [0.1, 0.15) is 0 Å². The number of fused-ring (bicyclic) bond motifs is 1. The number of aromatic nitrogens is 2. The highest BCUT2D eigenvalue weighted by Crippen LogP contribution is 2.26. The molecule has 1 aromatic heterocycles. The maximum absolute atomic E-state index is 12.5. The third-order valence-electron chi connectivity index (χ3n) is 5.73. The predicted molar refractivity (Wildman–Crippen MR) is 92.7 cm³/mol. The Morgan fingerprint density at radius 2 is 1.83 bits per heavy atom. The molecule has 3 aliphatic heterocycles. The first-order valence-corrected chi connectivity index (χ1v) is 9.33. The Balaban J connectivity index is 1.42. The fraction of sp³-hybridized carbons (Fsp3) is 0.722. The number of piperidine rings is 1. The second kappa shape index (κ2) is 6.67. The number of hydrogen-bond donors (Lipinski definition) is 0. The van der Waals surface area contributed by atoms with Crippen molar-refractivity contribution in [3.63, 3.8) is 0 Å². The molecule has 4 rings (SSSR count). The van der Waals surface area contributed by atoms with E-state index in [2.05, 4.69) is 24.7 Å². The van der Waals surface area contributed by atoms with Crippen LogP contribution in [-0.2, 0) is 11.3 Å². The van der Waals surface area contributed by atoms with Crippen LogP contribution in [0.4, 0.5) is 5.95 Å². The molecule has 0 saturated carbocycles. The molecule has 0 spiro atoms. The van der Waals surface area contributed by atoms with Crippen molar-refractivity contribution in [3.8, 4) is 0 Å². The molecule has 1 aromatic rings. The number of carbonyl (C=O) groups is 1. The first-order valence-electron chi connectivity index (χ1n) is 9.33. The quantitative estimate of drug-likeness (QED) is 0.844. The maximum Gasteiger partial charge on any atom is 0.239 e. The van der Waals surface area contributed by atoms with Crippen LogP contribution in [0.5, 0.6) is 0 Å². The molecule has 6 nitrogen and oxygen atoms in total. The zero-order chi connectivity index (χ0) is 16.5. The van der Waals surface area contributed by atoms with Crippen molar-refractivity contribution in [3.05, 3.63) is 18.0 Å². The third kappa shape index (κ3) is 2.99. The first-order chi connectivity index (χ1) is 11.7. The molecule has 0 bridgehead atoms. The lowest BCUT2D eigenvalue weighted by atomic mass is 10.1. The Morgan fingerprint density at radius 3 is 2.58 bits per heavy atom. The van der Waals surface area contributed by atoms with Crippen LogP contribution in [0.1, 0.15) is 44.6 Å². The van der Waals surface area contributed by atoms with Crippen LogP contribution in [0.25, 0.3) is 0 Å². The number of piperazine rings is 1. The summed E-state index contributed by atoms with van der Waals surface area (Å²) in [5.41, 5.74) is 1.10. The lowest BCUT2D eigenvalue weighted by molar-refractivity contribution is -0.143. The van der Waals surface area contributed by atoms with E-state index in [1.165, 1.54) is 19.3 Å². The molecule has 24 heavy (non-hydrogen) atoms. The summed E-state index contributed by atoms with van der Waals surface area (Å²) in [4.78, 5) is 28.3. The summed E-state index contributed by atoms with van der Waals surface area (Å²) in [7, 11) is 0. The zero-order valence-corrected chi connectivity index (χ0v) is 14.5. The summed E-state index contributed by atoms with van der Waals surface area (Å²) in [6, 6.07) is 0.364. The molecule has 130 valence electrons. The fourth-order valence-electron chi connectivity index (χ4n) is 4.26. The van der Waals surface area contributed by atoms with Gasteiger partial charge in [0.15, 0.2) is 0 Å². The minimum absolute atomic E-state index is 0.0406. The number of hydrogen-bond acceptors (Lipinski definition) is 5. The van der Waals surface area contributed by atoms with E-state index >= 15 is 0 Å². The summed E-state index contributed by atoms with van der Waals surface area (Å²) in [5, 5.41) is 0. The van der Waals surface area contributed by atoms with E-state index in [4.69, 9.17) is 0 Å². The van der Waals surface area contributed by atoms with Crippen LogP contribution >= 0.6 is 0 Å². The van der Waals surface area contributed by atoms with Crippen LogP contribution in [0, 0.1) is 0 Å². The molecule has 3 aliphatic rings. The molecule has 3 fully saturated rings. The van der Waals surface area contributed by atoms with Crippen molar-refractivity contribution in [2.24, 2.45) is 0 Å². The SMILES string of the molecule is C[C@H]1C(=O)N2CCC[C@@H]2CN1Cc1cnc(N2CCCCC2)nc1. The summed E-state index contributed by atoms with van der Waals surface area (Å²) < 4.78 is 0. The average molecular weight is 329 g/mol. The Labute approximate surface area is 143 Å². The zero-order valence-electron chi connectivity index (χ0n) is 14.5. The van der Waals surface area contributed by atoms with Crippen LogP contribution in [-0.4, -0.2) is 63.9 Å². The van der Waals surface area contributed by atoms with Gasteiger partial charge in [-0.1, -0.05) is 0 Å². The van der Waals surface area contributed by atoms with Gasteiger partial charge >= 0.3 is 0 Å². The molecule has 0 N–H and O–H groups in total. The molecule has 6 heteroatoms. The smallest absolute Gasteiger partial charge is 0.239 e. The lowest BCUT2D eigenvalue weighted by Gasteiger charge is -2.41. The Hall–Kier alpha value is -1.69. The first kappa shape index (κ1) is 15.8. The summed E-state index contributed by atoms with van der Waals surface area (Å²) in [5.74, 6) is 1.14. The molecular formula is C18H27N5O. The maximum atomic E-state index is 12.5. The summed E-state index contributed by atoms with van der Waals surface area (Å²) in [6.07, 6.45) is 9.94. The van der Waals surface area contributed by atoms with E-state index < -0.39 is 0 Å². The molecule has 0 aromatic carbocycles. The predicted octanol–water partition coefficient (Wildman–Crippen LogP) is 1.66. The lowest BCUT2D eigenvalue weighted by Crippen LogP contribution is -2.58. The van der Waals surface area contributed by atoms with Gasteiger partial charge in [-0.25, -0.2) is 9.97 Å². The van der Waals surface area contributed by atoms with Gasteiger partial charge in [0.2, 0.25) is 11.9 Å². The minimum Gasteiger partial charge on any atom is -0.341 e. The van der Waals surface area contributed by atoms with Gasteiger partial charge < -0.3 is 9.80 Å². The summed E-state index contributed by atoms with van der Waals surface area (Å²) in [6.45, 7) is 6.83. The molecule has 2 atom stereocenters. The molecule has 3 saturated heterocycles. The van der Waals surface area contributed by atoms with E-state index in [9.17, 15) is 4.79 Å². The standard InChI is InChI=1S/C18H27N5O/c1-14-17(24)23-9-5-6-16(23)13-22(14)12-15-10-19-18(20-11-15)21-7-3-2-4-8-21/h10-11,14,16H,2-9,12-13H2,1H3/t14-,16+/m0/s1. The van der Waals surface area contributed by atoms with Gasteiger partial charge in [-0.3, -0.25) is 9.69 Å². The van der Waals surface area contributed by atoms with Gasteiger partial charge in [-0.2, -0.15) is 0 Å². The van der Waals surface area contributed by atoms with E-state index in [-0.39, 0.29) is 11.9 Å². The average Bonchev–Trinajstić information content (AvgIpc) is 3.09. The molecule has 0 radical (unpaired) electrons. The van der Waals surface area contributed by atoms with Crippen LogP contribution in [0.2, 0.25) is 0 Å². The van der Waals surface area contributed by atoms with E-state index in [1.807, 2.05) is 19.3 Å². The van der Waals surface area contributed by atoms with Crippen molar-refractivity contribution < 1.29 is 4.79 Å².